The summed E-state index contributed by atoms with van der Waals surface area (Å²) in [6, 6.07) is 0. The van der Waals surface area contributed by atoms with Crippen molar-refractivity contribution in [1.82, 2.24) is 14.9 Å². The largest absolute Gasteiger partial charge is 0.480 e. The van der Waals surface area contributed by atoms with Crippen LogP contribution in [0.2, 0.25) is 0 Å². The van der Waals surface area contributed by atoms with Gasteiger partial charge in [0.2, 0.25) is 0 Å². The van der Waals surface area contributed by atoms with E-state index in [1.807, 2.05) is 17.8 Å². The fourth-order valence-corrected chi connectivity index (χ4v) is 2.03. The molecule has 84 valence electrons. The van der Waals surface area contributed by atoms with Crippen LogP contribution in [0.25, 0.3) is 0 Å². The molecule has 0 aliphatic rings. The first kappa shape index (κ1) is 12.1. The molecule has 1 atom stereocenters. The van der Waals surface area contributed by atoms with E-state index in [2.05, 4.69) is 10.3 Å². The fourth-order valence-electron chi connectivity index (χ4n) is 0.941. The minimum Gasteiger partial charge on any atom is -0.480 e. The summed E-state index contributed by atoms with van der Waals surface area (Å²) in [6.07, 6.45) is 3.53. The summed E-state index contributed by atoms with van der Waals surface area (Å²) in [6.45, 7) is 1.66. The normalized spacial score (nSPS) is 14.9. The van der Waals surface area contributed by atoms with Gasteiger partial charge in [-0.2, -0.15) is 0 Å². The average Bonchev–Trinajstić information content (AvgIpc) is 2.60. The number of carboxylic acid groups (broad SMARTS) is 1. The molecule has 0 aliphatic carbocycles. The van der Waals surface area contributed by atoms with E-state index < -0.39 is 11.5 Å². The number of imidazole rings is 1. The number of nitrogens with one attached hydrogen (secondary N) is 1. The van der Waals surface area contributed by atoms with Crippen molar-refractivity contribution < 1.29 is 9.90 Å². The predicted molar refractivity (Wildman–Crippen MR) is 59.0 cm³/mol. The lowest BCUT2D eigenvalue weighted by Gasteiger charge is -2.23. The minimum absolute atomic E-state index is 0.434. The summed E-state index contributed by atoms with van der Waals surface area (Å²) in [4.78, 5) is 15.1. The Labute approximate surface area is 92.9 Å². The van der Waals surface area contributed by atoms with Gasteiger partial charge in [-0.3, -0.25) is 4.79 Å². The van der Waals surface area contributed by atoms with Crippen molar-refractivity contribution in [1.29, 1.82) is 0 Å². The molecule has 5 nitrogen and oxygen atoms in total. The van der Waals surface area contributed by atoms with E-state index in [-0.39, 0.29) is 0 Å². The molecule has 0 amide bonds. The lowest BCUT2D eigenvalue weighted by molar-refractivity contribution is -0.142. The Hall–Kier alpha value is -1.01. The maximum atomic E-state index is 11.0. The van der Waals surface area contributed by atoms with Gasteiger partial charge in [-0.1, -0.05) is 11.8 Å². The Bertz CT molecular complexity index is 353. The van der Waals surface area contributed by atoms with Gasteiger partial charge in [-0.05, 0) is 14.0 Å². The number of rotatable bonds is 5. The molecule has 6 heteroatoms. The van der Waals surface area contributed by atoms with Crippen molar-refractivity contribution in [2.24, 2.45) is 7.05 Å². The Morgan fingerprint density at radius 3 is 2.87 bits per heavy atom. The van der Waals surface area contributed by atoms with E-state index in [1.165, 1.54) is 11.8 Å². The third kappa shape index (κ3) is 2.73. The summed E-state index contributed by atoms with van der Waals surface area (Å²) in [5.74, 6) is -0.421. The minimum atomic E-state index is -0.920. The van der Waals surface area contributed by atoms with Gasteiger partial charge >= 0.3 is 5.97 Å². The van der Waals surface area contributed by atoms with Crippen molar-refractivity contribution in [2.45, 2.75) is 17.6 Å². The van der Waals surface area contributed by atoms with Crippen molar-refractivity contribution in [3.63, 3.8) is 0 Å². The third-order valence-corrected chi connectivity index (χ3v) is 3.66. The van der Waals surface area contributed by atoms with Crippen molar-refractivity contribution >= 4 is 17.7 Å². The maximum Gasteiger partial charge on any atom is 0.324 e. The number of thioether (sulfide) groups is 1. The van der Waals surface area contributed by atoms with Crippen LogP contribution in [0.3, 0.4) is 0 Å². The molecule has 2 N–H and O–H groups in total. The van der Waals surface area contributed by atoms with Crippen LogP contribution in [0.5, 0.6) is 0 Å². The number of hydrogen-bond acceptors (Lipinski definition) is 4. The number of carboxylic acids is 1. The van der Waals surface area contributed by atoms with Crippen molar-refractivity contribution in [3.8, 4) is 0 Å². The molecule has 1 aromatic rings. The number of aromatic nitrogens is 2. The number of nitrogens with zero attached hydrogens (tertiary/aromatic N) is 2. The van der Waals surface area contributed by atoms with E-state index in [4.69, 9.17) is 5.11 Å². The van der Waals surface area contributed by atoms with Crippen LogP contribution < -0.4 is 5.32 Å². The number of aliphatic carboxylic acids is 1. The molecular formula is C9H15N3O2S. The van der Waals surface area contributed by atoms with Gasteiger partial charge in [-0.15, -0.1) is 0 Å². The highest BCUT2D eigenvalue weighted by atomic mass is 32.2. The summed E-state index contributed by atoms with van der Waals surface area (Å²) < 4.78 is 1.86. The van der Waals surface area contributed by atoms with E-state index in [0.29, 0.717) is 5.75 Å². The van der Waals surface area contributed by atoms with Gasteiger partial charge in [0, 0.05) is 25.2 Å². The molecule has 0 radical (unpaired) electrons. The molecule has 1 rings (SSSR count). The highest BCUT2D eigenvalue weighted by molar-refractivity contribution is 7.99. The summed E-state index contributed by atoms with van der Waals surface area (Å²) in [7, 11) is 3.53. The van der Waals surface area contributed by atoms with Crippen LogP contribution in [-0.2, 0) is 11.8 Å². The van der Waals surface area contributed by atoms with Gasteiger partial charge in [-0.25, -0.2) is 4.98 Å². The second kappa shape index (κ2) is 4.67. The second-order valence-electron chi connectivity index (χ2n) is 3.50. The molecule has 0 saturated heterocycles. The van der Waals surface area contributed by atoms with E-state index in [1.54, 1.807) is 20.2 Å². The Morgan fingerprint density at radius 2 is 2.47 bits per heavy atom. The Morgan fingerprint density at radius 1 is 1.80 bits per heavy atom. The Kier molecular flexibility index (Phi) is 3.76. The van der Waals surface area contributed by atoms with E-state index in [9.17, 15) is 4.79 Å². The number of hydrogen-bond donors (Lipinski definition) is 2. The molecule has 0 fully saturated rings. The van der Waals surface area contributed by atoms with Gasteiger partial charge in [0.25, 0.3) is 0 Å². The number of carbonyl (C=O) groups is 1. The van der Waals surface area contributed by atoms with Crippen LogP contribution in [0, 0.1) is 0 Å². The van der Waals surface area contributed by atoms with Crippen LogP contribution in [0.1, 0.15) is 6.92 Å². The molecule has 1 unspecified atom stereocenters. The van der Waals surface area contributed by atoms with E-state index in [0.717, 1.165) is 5.16 Å². The lowest BCUT2D eigenvalue weighted by Crippen LogP contribution is -2.49. The zero-order chi connectivity index (χ0) is 11.5. The van der Waals surface area contributed by atoms with Crippen molar-refractivity contribution in [3.05, 3.63) is 12.4 Å². The van der Waals surface area contributed by atoms with Gasteiger partial charge in [0.1, 0.15) is 5.54 Å². The standard InChI is InChI=1S/C9H15N3O2S/c1-9(10-2,7(13)14)6-15-8-11-4-5-12(8)3/h4-5,10H,6H2,1-3H3,(H,13,14). The van der Waals surface area contributed by atoms with Gasteiger partial charge in [0.15, 0.2) is 5.16 Å². The second-order valence-corrected chi connectivity index (χ2v) is 4.44. The number of aryl methyl sites for hydroxylation is 1. The first-order valence-corrected chi connectivity index (χ1v) is 5.50. The fraction of sp³-hybridized carbons (Fsp3) is 0.556. The Balaban J connectivity index is 2.63. The molecule has 0 bridgehead atoms. The third-order valence-electron chi connectivity index (χ3n) is 2.29. The smallest absolute Gasteiger partial charge is 0.324 e. The van der Waals surface area contributed by atoms with Gasteiger partial charge in [0.05, 0.1) is 0 Å². The van der Waals surface area contributed by atoms with Crippen LogP contribution >= 0.6 is 11.8 Å². The van der Waals surface area contributed by atoms with Crippen LogP contribution in [0.15, 0.2) is 17.6 Å². The zero-order valence-electron chi connectivity index (χ0n) is 9.02. The highest BCUT2D eigenvalue weighted by Gasteiger charge is 2.31. The molecule has 0 aromatic carbocycles. The van der Waals surface area contributed by atoms with Gasteiger partial charge < -0.3 is 15.0 Å². The molecule has 1 heterocycles. The van der Waals surface area contributed by atoms with E-state index >= 15 is 0 Å². The maximum absolute atomic E-state index is 11.0. The molecule has 0 aliphatic heterocycles. The lowest BCUT2D eigenvalue weighted by atomic mass is 10.1. The van der Waals surface area contributed by atoms with Crippen molar-refractivity contribution in [2.75, 3.05) is 12.8 Å². The monoisotopic (exact) mass is 229 g/mol. The highest BCUT2D eigenvalue weighted by Crippen LogP contribution is 2.20. The predicted octanol–water partition coefficient (Wildman–Crippen LogP) is 0.575. The molecule has 15 heavy (non-hydrogen) atoms. The summed E-state index contributed by atoms with van der Waals surface area (Å²) >= 11 is 1.42. The summed E-state index contributed by atoms with van der Waals surface area (Å²) in [5, 5.41) is 12.6. The van der Waals surface area contributed by atoms with Crippen LogP contribution in [0.4, 0.5) is 0 Å². The first-order chi connectivity index (χ1) is 6.99. The summed E-state index contributed by atoms with van der Waals surface area (Å²) in [5.41, 5.74) is -0.920. The molecule has 0 saturated carbocycles. The molecule has 0 spiro atoms. The first-order valence-electron chi connectivity index (χ1n) is 4.52. The zero-order valence-corrected chi connectivity index (χ0v) is 9.84. The topological polar surface area (TPSA) is 67.2 Å². The quantitative estimate of drug-likeness (QED) is 0.723. The number of likely N-dealkylation sites (N-methyl/N-ethyl adjacent to an activating group) is 1. The average molecular weight is 229 g/mol. The molecular weight excluding hydrogens is 214 g/mol. The molecule has 1 aromatic heterocycles. The van der Waals surface area contributed by atoms with Crippen LogP contribution in [-0.4, -0.2) is 39.0 Å². The SMILES string of the molecule is CNC(C)(CSc1nccn1C)C(=O)O.